The molecule has 0 fully saturated rings. The Balaban J connectivity index is 2.07. The van der Waals surface area contributed by atoms with Crippen molar-refractivity contribution in [3.8, 4) is 0 Å². The zero-order valence-electron chi connectivity index (χ0n) is 12.1. The number of nitrogens with one attached hydrogen (secondary N) is 1. The highest BCUT2D eigenvalue weighted by Gasteiger charge is 2.17. The van der Waals surface area contributed by atoms with Crippen LogP contribution in [0.1, 0.15) is 17.3 Å². The first-order valence-electron chi connectivity index (χ1n) is 6.69. The zero-order valence-corrected chi connectivity index (χ0v) is 12.9. The molecular formula is C16H17N3O2S. The molecule has 114 valence electrons. The molecule has 0 radical (unpaired) electrons. The van der Waals surface area contributed by atoms with Crippen LogP contribution in [0.2, 0.25) is 0 Å². The molecule has 0 aliphatic rings. The number of rotatable bonds is 5. The Hall–Kier alpha value is -2.47. The minimum absolute atomic E-state index is 0.207. The van der Waals surface area contributed by atoms with Crippen LogP contribution in [0.5, 0.6) is 0 Å². The third-order valence-corrected chi connectivity index (χ3v) is 4.08. The first-order valence-corrected chi connectivity index (χ1v) is 7.57. The number of carbonyl (C=O) groups excluding carboxylic acids is 2. The SMILES string of the molecule is CC(Sc1cccc(N)c1)C(=O)Nc1ccccc1C(N)=O. The molecule has 1 atom stereocenters. The van der Waals surface area contributed by atoms with Gasteiger partial charge in [0.15, 0.2) is 0 Å². The third-order valence-electron chi connectivity index (χ3n) is 2.99. The van der Waals surface area contributed by atoms with Crippen molar-refractivity contribution in [2.24, 2.45) is 5.73 Å². The van der Waals surface area contributed by atoms with Crippen molar-refractivity contribution >= 4 is 35.0 Å². The van der Waals surface area contributed by atoms with Crippen molar-refractivity contribution in [3.05, 3.63) is 54.1 Å². The Kier molecular flexibility index (Phi) is 5.06. The molecule has 0 heterocycles. The highest BCUT2D eigenvalue weighted by molar-refractivity contribution is 8.00. The average Bonchev–Trinajstić information content (AvgIpc) is 2.47. The molecule has 22 heavy (non-hydrogen) atoms. The van der Waals surface area contributed by atoms with Crippen LogP contribution in [0.15, 0.2) is 53.4 Å². The fourth-order valence-electron chi connectivity index (χ4n) is 1.89. The van der Waals surface area contributed by atoms with Crippen LogP contribution < -0.4 is 16.8 Å². The summed E-state index contributed by atoms with van der Waals surface area (Å²) in [7, 11) is 0. The summed E-state index contributed by atoms with van der Waals surface area (Å²) in [6, 6.07) is 14.0. The number of hydrogen-bond acceptors (Lipinski definition) is 4. The number of nitrogens with two attached hydrogens (primary N) is 2. The van der Waals surface area contributed by atoms with Crippen LogP contribution in [-0.2, 0) is 4.79 Å². The zero-order chi connectivity index (χ0) is 16.1. The number of primary amides is 1. The monoisotopic (exact) mass is 315 g/mol. The van der Waals surface area contributed by atoms with Crippen LogP contribution in [0.25, 0.3) is 0 Å². The molecule has 6 heteroatoms. The quantitative estimate of drug-likeness (QED) is 0.583. The lowest BCUT2D eigenvalue weighted by atomic mass is 10.1. The molecule has 0 spiro atoms. The number of amides is 2. The van der Waals surface area contributed by atoms with Crippen LogP contribution in [0.3, 0.4) is 0 Å². The van der Waals surface area contributed by atoms with E-state index in [0.717, 1.165) is 4.90 Å². The largest absolute Gasteiger partial charge is 0.399 e. The Bertz CT molecular complexity index is 703. The van der Waals surface area contributed by atoms with E-state index in [0.29, 0.717) is 11.4 Å². The molecular weight excluding hydrogens is 298 g/mol. The summed E-state index contributed by atoms with van der Waals surface area (Å²) < 4.78 is 0. The van der Waals surface area contributed by atoms with E-state index in [1.165, 1.54) is 11.8 Å². The highest BCUT2D eigenvalue weighted by Crippen LogP contribution is 2.26. The number of benzene rings is 2. The lowest BCUT2D eigenvalue weighted by Crippen LogP contribution is -2.24. The second-order valence-electron chi connectivity index (χ2n) is 4.73. The molecule has 0 aromatic heterocycles. The number of thioether (sulfide) groups is 1. The van der Waals surface area contributed by atoms with Gasteiger partial charge in [0.05, 0.1) is 16.5 Å². The summed E-state index contributed by atoms with van der Waals surface area (Å²) in [5.74, 6) is -0.784. The van der Waals surface area contributed by atoms with E-state index in [9.17, 15) is 9.59 Å². The minimum Gasteiger partial charge on any atom is -0.399 e. The van der Waals surface area contributed by atoms with E-state index in [-0.39, 0.29) is 16.7 Å². The molecule has 2 amide bonds. The summed E-state index contributed by atoms with van der Waals surface area (Å²) >= 11 is 1.39. The van der Waals surface area contributed by atoms with E-state index in [2.05, 4.69) is 5.32 Å². The Labute approximate surface area is 133 Å². The van der Waals surface area contributed by atoms with E-state index in [4.69, 9.17) is 11.5 Å². The van der Waals surface area contributed by atoms with Crippen molar-refractivity contribution in [1.29, 1.82) is 0 Å². The van der Waals surface area contributed by atoms with E-state index < -0.39 is 5.91 Å². The summed E-state index contributed by atoms with van der Waals surface area (Å²) in [6.45, 7) is 1.79. The van der Waals surface area contributed by atoms with Gasteiger partial charge in [0, 0.05) is 10.6 Å². The molecule has 0 aliphatic carbocycles. The molecule has 5 N–H and O–H groups in total. The maximum Gasteiger partial charge on any atom is 0.250 e. The molecule has 0 aliphatic heterocycles. The van der Waals surface area contributed by atoms with Crippen LogP contribution in [-0.4, -0.2) is 17.1 Å². The van der Waals surface area contributed by atoms with E-state index >= 15 is 0 Å². The van der Waals surface area contributed by atoms with Crippen LogP contribution in [0.4, 0.5) is 11.4 Å². The van der Waals surface area contributed by atoms with Gasteiger partial charge in [-0.1, -0.05) is 18.2 Å². The fraction of sp³-hybridized carbons (Fsp3) is 0.125. The number of nitrogen functional groups attached to an aromatic ring is 1. The van der Waals surface area contributed by atoms with Crippen LogP contribution >= 0.6 is 11.8 Å². The Morgan fingerprint density at radius 1 is 1.14 bits per heavy atom. The molecule has 2 aromatic rings. The number of carbonyl (C=O) groups is 2. The summed E-state index contributed by atoms with van der Waals surface area (Å²) in [6.07, 6.45) is 0. The molecule has 5 nitrogen and oxygen atoms in total. The Morgan fingerprint density at radius 2 is 1.86 bits per heavy atom. The molecule has 0 saturated heterocycles. The molecule has 2 aromatic carbocycles. The molecule has 2 rings (SSSR count). The van der Waals surface area contributed by atoms with Crippen molar-refractivity contribution in [3.63, 3.8) is 0 Å². The number of hydrogen-bond donors (Lipinski definition) is 3. The standard InChI is InChI=1S/C16H17N3O2S/c1-10(22-12-6-4-5-11(17)9-12)16(21)19-14-8-3-2-7-13(14)15(18)20/h2-10H,17H2,1H3,(H2,18,20)(H,19,21). The van der Waals surface area contributed by atoms with Gasteiger partial charge in [-0.15, -0.1) is 11.8 Å². The fourth-order valence-corrected chi connectivity index (χ4v) is 2.82. The normalized spacial score (nSPS) is 11.7. The van der Waals surface area contributed by atoms with Gasteiger partial charge in [0.1, 0.15) is 0 Å². The Morgan fingerprint density at radius 3 is 2.55 bits per heavy atom. The lowest BCUT2D eigenvalue weighted by Gasteiger charge is -2.14. The average molecular weight is 315 g/mol. The predicted molar refractivity (Wildman–Crippen MR) is 89.8 cm³/mol. The number of anilines is 2. The smallest absolute Gasteiger partial charge is 0.250 e. The molecule has 0 saturated carbocycles. The van der Waals surface area contributed by atoms with Gasteiger partial charge < -0.3 is 16.8 Å². The summed E-state index contributed by atoms with van der Waals surface area (Å²) in [5.41, 5.74) is 12.4. The van der Waals surface area contributed by atoms with Gasteiger partial charge in [-0.05, 0) is 37.3 Å². The van der Waals surface area contributed by atoms with Crippen molar-refractivity contribution < 1.29 is 9.59 Å². The minimum atomic E-state index is -0.577. The van der Waals surface area contributed by atoms with Gasteiger partial charge in [-0.2, -0.15) is 0 Å². The maximum atomic E-state index is 12.3. The third kappa shape index (κ3) is 4.02. The van der Waals surface area contributed by atoms with Crippen LogP contribution in [0, 0.1) is 0 Å². The predicted octanol–water partition coefficient (Wildman–Crippen LogP) is 2.49. The van der Waals surface area contributed by atoms with Gasteiger partial charge >= 0.3 is 0 Å². The van der Waals surface area contributed by atoms with Gasteiger partial charge in [0.2, 0.25) is 5.91 Å². The van der Waals surface area contributed by atoms with E-state index in [1.54, 1.807) is 37.3 Å². The molecule has 1 unspecified atom stereocenters. The van der Waals surface area contributed by atoms with Crippen molar-refractivity contribution in [2.45, 2.75) is 17.1 Å². The van der Waals surface area contributed by atoms with Gasteiger partial charge in [0.25, 0.3) is 5.91 Å². The summed E-state index contributed by atoms with van der Waals surface area (Å²) in [5, 5.41) is 2.39. The number of para-hydroxylation sites is 1. The highest BCUT2D eigenvalue weighted by atomic mass is 32.2. The first-order chi connectivity index (χ1) is 10.5. The van der Waals surface area contributed by atoms with Gasteiger partial charge in [-0.3, -0.25) is 9.59 Å². The van der Waals surface area contributed by atoms with Crippen molar-refractivity contribution in [1.82, 2.24) is 0 Å². The lowest BCUT2D eigenvalue weighted by molar-refractivity contribution is -0.115. The maximum absolute atomic E-state index is 12.3. The molecule has 0 bridgehead atoms. The summed E-state index contributed by atoms with van der Waals surface area (Å²) in [4.78, 5) is 24.5. The second kappa shape index (κ2) is 7.00. The second-order valence-corrected chi connectivity index (χ2v) is 6.15. The van der Waals surface area contributed by atoms with Gasteiger partial charge in [-0.25, -0.2) is 0 Å². The topological polar surface area (TPSA) is 98.2 Å². The first kappa shape index (κ1) is 15.9. The van der Waals surface area contributed by atoms with E-state index in [1.807, 2.05) is 18.2 Å². The van der Waals surface area contributed by atoms with Crippen molar-refractivity contribution in [2.75, 3.05) is 11.1 Å².